The third kappa shape index (κ3) is 5.32. The third-order valence-corrected chi connectivity index (χ3v) is 4.58. The van der Waals surface area contributed by atoms with Gasteiger partial charge in [-0.05, 0) is 12.1 Å². The second-order valence-electron chi connectivity index (χ2n) is 5.52. The topological polar surface area (TPSA) is 58.5 Å². The molecule has 6 heteroatoms. The van der Waals surface area contributed by atoms with E-state index in [0.29, 0.717) is 19.7 Å². The first-order chi connectivity index (χ1) is 12.8. The Labute approximate surface area is 157 Å². The largest absolute Gasteiger partial charge is 0.492 e. The van der Waals surface area contributed by atoms with Crippen molar-refractivity contribution < 1.29 is 4.74 Å². The van der Waals surface area contributed by atoms with Gasteiger partial charge in [-0.25, -0.2) is 4.98 Å². The number of aliphatic imine (C=N–C) groups is 1. The lowest BCUT2D eigenvalue weighted by Gasteiger charge is -2.11. The fourth-order valence-electron chi connectivity index (χ4n) is 2.35. The Morgan fingerprint density at radius 2 is 1.77 bits per heavy atom. The first kappa shape index (κ1) is 17.9. The number of para-hydroxylation sites is 1. The van der Waals surface area contributed by atoms with Gasteiger partial charge in [-0.2, -0.15) is 0 Å². The van der Waals surface area contributed by atoms with Crippen molar-refractivity contribution in [3.8, 4) is 16.3 Å². The van der Waals surface area contributed by atoms with Crippen LogP contribution in [0, 0.1) is 0 Å². The average Bonchev–Trinajstić information content (AvgIpc) is 3.18. The highest BCUT2D eigenvalue weighted by molar-refractivity contribution is 7.13. The number of nitrogens with zero attached hydrogens (tertiary/aromatic N) is 2. The van der Waals surface area contributed by atoms with Gasteiger partial charge in [0.05, 0.1) is 18.8 Å². The Bertz CT molecular complexity index is 818. The fourth-order valence-corrected chi connectivity index (χ4v) is 3.18. The van der Waals surface area contributed by atoms with Gasteiger partial charge in [0.1, 0.15) is 17.4 Å². The van der Waals surface area contributed by atoms with Gasteiger partial charge in [-0.1, -0.05) is 48.5 Å². The van der Waals surface area contributed by atoms with E-state index in [4.69, 9.17) is 4.74 Å². The molecule has 0 saturated heterocycles. The predicted octanol–water partition coefficient (Wildman–Crippen LogP) is 3.55. The number of rotatable bonds is 7. The number of guanidine groups is 1. The van der Waals surface area contributed by atoms with Crippen molar-refractivity contribution in [3.05, 3.63) is 71.7 Å². The molecule has 0 aliphatic heterocycles. The van der Waals surface area contributed by atoms with Gasteiger partial charge in [0.25, 0.3) is 0 Å². The van der Waals surface area contributed by atoms with E-state index in [-0.39, 0.29) is 0 Å². The molecule has 2 aromatic carbocycles. The SMILES string of the molecule is CN=C(NCCOc1ccccc1)NCc1csc(-c2ccccc2)n1. The summed E-state index contributed by atoms with van der Waals surface area (Å²) in [5.74, 6) is 1.60. The van der Waals surface area contributed by atoms with Crippen molar-refractivity contribution in [3.63, 3.8) is 0 Å². The van der Waals surface area contributed by atoms with Crippen molar-refractivity contribution >= 4 is 17.3 Å². The number of aromatic nitrogens is 1. The van der Waals surface area contributed by atoms with E-state index < -0.39 is 0 Å². The minimum atomic E-state index is 0.569. The lowest BCUT2D eigenvalue weighted by molar-refractivity contribution is 0.322. The fraction of sp³-hybridized carbons (Fsp3) is 0.200. The number of ether oxygens (including phenoxy) is 1. The average molecular weight is 366 g/mol. The Balaban J connectivity index is 1.42. The maximum absolute atomic E-state index is 5.66. The van der Waals surface area contributed by atoms with Gasteiger partial charge in [-0.15, -0.1) is 11.3 Å². The van der Waals surface area contributed by atoms with E-state index in [1.165, 1.54) is 0 Å². The van der Waals surface area contributed by atoms with E-state index in [0.717, 1.165) is 28.0 Å². The van der Waals surface area contributed by atoms with Crippen molar-refractivity contribution in [2.24, 2.45) is 4.99 Å². The highest BCUT2D eigenvalue weighted by atomic mass is 32.1. The molecule has 0 spiro atoms. The van der Waals surface area contributed by atoms with Crippen LogP contribution in [0.1, 0.15) is 5.69 Å². The lowest BCUT2D eigenvalue weighted by atomic mass is 10.2. The molecule has 1 heterocycles. The monoisotopic (exact) mass is 366 g/mol. The molecule has 0 aliphatic carbocycles. The molecule has 3 rings (SSSR count). The molecule has 1 aromatic heterocycles. The van der Waals surface area contributed by atoms with Crippen molar-refractivity contribution in [2.75, 3.05) is 20.2 Å². The van der Waals surface area contributed by atoms with Gasteiger partial charge in [-0.3, -0.25) is 4.99 Å². The minimum absolute atomic E-state index is 0.569. The van der Waals surface area contributed by atoms with E-state index in [1.54, 1.807) is 18.4 Å². The van der Waals surface area contributed by atoms with Crippen LogP contribution in [0.2, 0.25) is 0 Å². The molecule has 0 saturated carbocycles. The summed E-state index contributed by atoms with van der Waals surface area (Å²) in [6.07, 6.45) is 0. The number of hydrogen-bond acceptors (Lipinski definition) is 4. The Kier molecular flexibility index (Phi) is 6.61. The third-order valence-electron chi connectivity index (χ3n) is 3.64. The Morgan fingerprint density at radius 1 is 1.04 bits per heavy atom. The van der Waals surface area contributed by atoms with Gasteiger partial charge in [0, 0.05) is 18.0 Å². The second-order valence-corrected chi connectivity index (χ2v) is 6.38. The van der Waals surface area contributed by atoms with Crippen LogP contribution < -0.4 is 15.4 Å². The highest BCUT2D eigenvalue weighted by Gasteiger charge is 2.05. The van der Waals surface area contributed by atoms with Gasteiger partial charge < -0.3 is 15.4 Å². The van der Waals surface area contributed by atoms with E-state index in [2.05, 4.69) is 38.1 Å². The normalized spacial score (nSPS) is 11.2. The second kappa shape index (κ2) is 9.58. The molecule has 26 heavy (non-hydrogen) atoms. The summed E-state index contributed by atoms with van der Waals surface area (Å²) in [5.41, 5.74) is 2.14. The van der Waals surface area contributed by atoms with Crippen LogP contribution in [0.5, 0.6) is 5.75 Å². The maximum atomic E-state index is 5.66. The molecular weight excluding hydrogens is 344 g/mol. The van der Waals surface area contributed by atoms with Crippen molar-refractivity contribution in [1.82, 2.24) is 15.6 Å². The number of benzene rings is 2. The maximum Gasteiger partial charge on any atom is 0.191 e. The van der Waals surface area contributed by atoms with Gasteiger partial charge in [0.15, 0.2) is 5.96 Å². The smallest absolute Gasteiger partial charge is 0.191 e. The van der Waals surface area contributed by atoms with Crippen LogP contribution in [0.15, 0.2) is 71.0 Å². The first-order valence-electron chi connectivity index (χ1n) is 8.47. The predicted molar refractivity (Wildman–Crippen MR) is 108 cm³/mol. The van der Waals surface area contributed by atoms with Gasteiger partial charge in [0.2, 0.25) is 0 Å². The summed E-state index contributed by atoms with van der Waals surface area (Å²) in [6.45, 7) is 1.86. The van der Waals surface area contributed by atoms with Crippen molar-refractivity contribution in [1.29, 1.82) is 0 Å². The molecule has 0 unspecified atom stereocenters. The molecule has 5 nitrogen and oxygen atoms in total. The van der Waals surface area contributed by atoms with Crippen LogP contribution >= 0.6 is 11.3 Å². The molecule has 0 radical (unpaired) electrons. The summed E-state index contributed by atoms with van der Waals surface area (Å²) in [4.78, 5) is 8.90. The molecule has 2 N–H and O–H groups in total. The zero-order valence-electron chi connectivity index (χ0n) is 14.7. The van der Waals surface area contributed by atoms with Crippen LogP contribution in [0.3, 0.4) is 0 Å². The van der Waals surface area contributed by atoms with E-state index >= 15 is 0 Å². The summed E-state index contributed by atoms with van der Waals surface area (Å²) in [7, 11) is 1.75. The zero-order chi connectivity index (χ0) is 18.0. The molecule has 0 fully saturated rings. The summed E-state index contributed by atoms with van der Waals surface area (Å²) in [5, 5.41) is 9.61. The molecule has 3 aromatic rings. The first-order valence-corrected chi connectivity index (χ1v) is 9.35. The van der Waals surface area contributed by atoms with Crippen LogP contribution in [-0.4, -0.2) is 31.1 Å². The number of thiazole rings is 1. The lowest BCUT2D eigenvalue weighted by Crippen LogP contribution is -2.38. The summed E-state index contributed by atoms with van der Waals surface area (Å²) in [6, 6.07) is 20.0. The molecule has 0 aliphatic rings. The van der Waals surface area contributed by atoms with Crippen LogP contribution in [0.25, 0.3) is 10.6 Å². The number of nitrogens with one attached hydrogen (secondary N) is 2. The standard InChI is InChI=1S/C20H22N4OS/c1-21-20(22-12-13-25-18-10-6-3-7-11-18)23-14-17-15-26-19(24-17)16-8-4-2-5-9-16/h2-11,15H,12-14H2,1H3,(H2,21,22,23). The van der Waals surface area contributed by atoms with Crippen LogP contribution in [0.4, 0.5) is 0 Å². The highest BCUT2D eigenvalue weighted by Crippen LogP contribution is 2.23. The zero-order valence-corrected chi connectivity index (χ0v) is 15.5. The molecule has 0 amide bonds. The van der Waals surface area contributed by atoms with E-state index in [1.807, 2.05) is 48.5 Å². The van der Waals surface area contributed by atoms with Gasteiger partial charge >= 0.3 is 0 Å². The molecule has 0 bridgehead atoms. The quantitative estimate of drug-likeness (QED) is 0.381. The Hall–Kier alpha value is -2.86. The Morgan fingerprint density at radius 3 is 2.50 bits per heavy atom. The molecule has 134 valence electrons. The van der Waals surface area contributed by atoms with Crippen LogP contribution in [-0.2, 0) is 6.54 Å². The number of hydrogen-bond donors (Lipinski definition) is 2. The minimum Gasteiger partial charge on any atom is -0.492 e. The van der Waals surface area contributed by atoms with E-state index in [9.17, 15) is 0 Å². The summed E-state index contributed by atoms with van der Waals surface area (Å²) >= 11 is 1.65. The van der Waals surface area contributed by atoms with Crippen molar-refractivity contribution in [2.45, 2.75) is 6.54 Å². The molecular formula is C20H22N4OS. The molecule has 0 atom stereocenters. The summed E-state index contributed by atoms with van der Waals surface area (Å²) < 4.78 is 5.66.